The van der Waals surface area contributed by atoms with Crippen LogP contribution in [0.5, 0.6) is 5.75 Å². The first kappa shape index (κ1) is 19.5. The Morgan fingerprint density at radius 3 is 2.21 bits per heavy atom. The summed E-state index contributed by atoms with van der Waals surface area (Å²) in [6, 6.07) is 16.2. The van der Waals surface area contributed by atoms with E-state index in [4.69, 9.17) is 16.3 Å². The van der Waals surface area contributed by atoms with Gasteiger partial charge in [-0.15, -0.1) is 0 Å². The molecule has 0 atom stereocenters. The van der Waals surface area contributed by atoms with Gasteiger partial charge in [-0.25, -0.2) is 0 Å². The number of hydrogen-bond acceptors (Lipinski definition) is 3. The van der Waals surface area contributed by atoms with Crippen molar-refractivity contribution in [2.75, 3.05) is 7.11 Å². The maximum atomic E-state index is 12.6. The molecule has 0 saturated carbocycles. The number of nitrogens with one attached hydrogen (secondary N) is 2. The number of nitrogens with zero attached hydrogens (tertiary/aromatic N) is 1. The maximum Gasteiger partial charge on any atom is 0.273 e. The lowest BCUT2D eigenvalue weighted by atomic mass is 10.2. The molecule has 0 bridgehead atoms. The van der Waals surface area contributed by atoms with E-state index in [0.29, 0.717) is 16.3 Å². The van der Waals surface area contributed by atoms with Crippen molar-refractivity contribution in [2.24, 2.45) is 0 Å². The first-order valence-corrected chi connectivity index (χ1v) is 8.98. The molecule has 0 unspecified atom stereocenters. The van der Waals surface area contributed by atoms with Crippen molar-refractivity contribution in [2.45, 2.75) is 13.8 Å². The lowest BCUT2D eigenvalue weighted by Crippen LogP contribution is -2.41. The summed E-state index contributed by atoms with van der Waals surface area (Å²) in [5.74, 6) is -0.576. The zero-order valence-corrected chi connectivity index (χ0v) is 16.5. The molecule has 0 saturated heterocycles. The van der Waals surface area contributed by atoms with Crippen LogP contribution >= 0.6 is 11.6 Å². The highest BCUT2D eigenvalue weighted by Gasteiger charge is 2.18. The molecule has 2 aromatic carbocycles. The predicted octanol–water partition coefficient (Wildman–Crippen LogP) is 3.83. The normalized spacial score (nSPS) is 10.4. The monoisotopic (exact) mass is 397 g/mol. The van der Waals surface area contributed by atoms with Gasteiger partial charge in [0.05, 0.1) is 18.2 Å². The summed E-state index contributed by atoms with van der Waals surface area (Å²) in [6.45, 7) is 3.78. The van der Waals surface area contributed by atoms with Crippen molar-refractivity contribution in [3.8, 4) is 11.4 Å². The van der Waals surface area contributed by atoms with E-state index in [1.807, 2.05) is 48.7 Å². The number of carbonyl (C=O) groups is 2. The molecule has 0 spiro atoms. The zero-order valence-electron chi connectivity index (χ0n) is 15.7. The summed E-state index contributed by atoms with van der Waals surface area (Å²) in [4.78, 5) is 25.0. The third kappa shape index (κ3) is 3.87. The summed E-state index contributed by atoms with van der Waals surface area (Å²) in [6.07, 6.45) is 0. The van der Waals surface area contributed by atoms with Gasteiger partial charge in [0.15, 0.2) is 0 Å². The molecule has 0 radical (unpaired) electrons. The van der Waals surface area contributed by atoms with Crippen molar-refractivity contribution in [1.29, 1.82) is 0 Å². The number of ether oxygens (including phenoxy) is 1. The summed E-state index contributed by atoms with van der Waals surface area (Å²) in [7, 11) is 1.46. The molecule has 0 fully saturated rings. The van der Waals surface area contributed by atoms with Gasteiger partial charge in [-0.1, -0.05) is 29.8 Å². The number of rotatable bonds is 4. The van der Waals surface area contributed by atoms with Crippen LogP contribution in [0.1, 0.15) is 32.1 Å². The highest BCUT2D eigenvalue weighted by molar-refractivity contribution is 6.31. The number of methoxy groups -OCH3 is 1. The number of aromatic nitrogens is 1. The van der Waals surface area contributed by atoms with E-state index in [1.54, 1.807) is 18.2 Å². The van der Waals surface area contributed by atoms with Crippen LogP contribution < -0.4 is 15.6 Å². The number of aryl methyl sites for hydroxylation is 1. The minimum Gasteiger partial charge on any atom is -0.496 e. The number of halogens is 1. The highest BCUT2D eigenvalue weighted by atomic mass is 35.5. The van der Waals surface area contributed by atoms with Gasteiger partial charge in [-0.3, -0.25) is 20.4 Å². The van der Waals surface area contributed by atoms with E-state index in [1.165, 1.54) is 13.2 Å². The smallest absolute Gasteiger partial charge is 0.273 e. The number of hydrazine groups is 1. The summed E-state index contributed by atoms with van der Waals surface area (Å²) in [5, 5.41) is 0.392. The number of benzene rings is 2. The number of amides is 2. The fourth-order valence-electron chi connectivity index (χ4n) is 3.07. The van der Waals surface area contributed by atoms with E-state index in [-0.39, 0.29) is 5.56 Å². The van der Waals surface area contributed by atoms with Gasteiger partial charge in [-0.2, -0.15) is 0 Å². The molecule has 0 aliphatic heterocycles. The van der Waals surface area contributed by atoms with Gasteiger partial charge in [0.25, 0.3) is 11.8 Å². The predicted molar refractivity (Wildman–Crippen MR) is 108 cm³/mol. The first-order valence-electron chi connectivity index (χ1n) is 8.61. The molecule has 1 heterocycles. The van der Waals surface area contributed by atoms with Crippen LogP contribution in [0.15, 0.2) is 54.6 Å². The number of hydrogen-bond donors (Lipinski definition) is 2. The van der Waals surface area contributed by atoms with Crippen molar-refractivity contribution in [1.82, 2.24) is 15.4 Å². The van der Waals surface area contributed by atoms with Gasteiger partial charge in [0.1, 0.15) is 5.75 Å². The SMILES string of the molecule is COc1ccc(Cl)cc1C(=O)NNC(=O)c1cc(C)n(-c2ccccc2)c1C. The van der Waals surface area contributed by atoms with Gasteiger partial charge in [0.2, 0.25) is 0 Å². The van der Waals surface area contributed by atoms with E-state index >= 15 is 0 Å². The average Bonchev–Trinajstić information content (AvgIpc) is 3.00. The molecule has 0 aliphatic carbocycles. The van der Waals surface area contributed by atoms with E-state index in [9.17, 15) is 9.59 Å². The quantitative estimate of drug-likeness (QED) is 0.657. The third-order valence-corrected chi connectivity index (χ3v) is 4.62. The van der Waals surface area contributed by atoms with Crippen LogP contribution in [0.3, 0.4) is 0 Å². The van der Waals surface area contributed by atoms with Crippen LogP contribution in [0, 0.1) is 13.8 Å². The molecule has 144 valence electrons. The van der Waals surface area contributed by atoms with E-state index in [0.717, 1.165) is 17.1 Å². The van der Waals surface area contributed by atoms with Gasteiger partial charge in [-0.05, 0) is 50.2 Å². The highest BCUT2D eigenvalue weighted by Crippen LogP contribution is 2.23. The van der Waals surface area contributed by atoms with Crippen molar-refractivity contribution < 1.29 is 14.3 Å². The second kappa shape index (κ2) is 8.19. The van der Waals surface area contributed by atoms with Crippen LogP contribution in [0.25, 0.3) is 5.69 Å². The molecule has 2 N–H and O–H groups in total. The summed E-state index contributed by atoms with van der Waals surface area (Å²) < 4.78 is 7.15. The molecule has 1 aromatic heterocycles. The minimum absolute atomic E-state index is 0.227. The van der Waals surface area contributed by atoms with Gasteiger partial charge >= 0.3 is 0 Å². The Balaban J connectivity index is 1.78. The van der Waals surface area contributed by atoms with Crippen molar-refractivity contribution >= 4 is 23.4 Å². The Kier molecular flexibility index (Phi) is 5.70. The molecular formula is C21H20ClN3O3. The maximum absolute atomic E-state index is 12.6. The van der Waals surface area contributed by atoms with Crippen LogP contribution in [0.4, 0.5) is 0 Å². The minimum atomic E-state index is -0.524. The Morgan fingerprint density at radius 2 is 1.57 bits per heavy atom. The Labute approximate surface area is 168 Å². The molecule has 3 rings (SSSR count). The Bertz CT molecular complexity index is 1030. The second-order valence-electron chi connectivity index (χ2n) is 6.21. The molecular weight excluding hydrogens is 378 g/mol. The number of para-hydroxylation sites is 1. The van der Waals surface area contributed by atoms with Crippen LogP contribution in [-0.4, -0.2) is 23.5 Å². The molecule has 2 amide bonds. The molecule has 0 aliphatic rings. The van der Waals surface area contributed by atoms with Crippen LogP contribution in [0.2, 0.25) is 5.02 Å². The molecule has 28 heavy (non-hydrogen) atoms. The second-order valence-corrected chi connectivity index (χ2v) is 6.65. The molecule has 6 nitrogen and oxygen atoms in total. The fraction of sp³-hybridized carbons (Fsp3) is 0.143. The van der Waals surface area contributed by atoms with Gasteiger partial charge < -0.3 is 9.30 Å². The largest absolute Gasteiger partial charge is 0.496 e. The lowest BCUT2D eigenvalue weighted by Gasteiger charge is -2.11. The Hall–Kier alpha value is -3.25. The molecule has 3 aromatic rings. The van der Waals surface area contributed by atoms with Gasteiger partial charge in [0, 0.05) is 22.1 Å². The lowest BCUT2D eigenvalue weighted by molar-refractivity contribution is 0.0844. The third-order valence-electron chi connectivity index (χ3n) is 4.39. The first-order chi connectivity index (χ1) is 13.4. The summed E-state index contributed by atoms with van der Waals surface area (Å²) in [5.41, 5.74) is 8.21. The van der Waals surface area contributed by atoms with E-state index in [2.05, 4.69) is 10.9 Å². The summed E-state index contributed by atoms with van der Waals surface area (Å²) >= 11 is 5.95. The molecule has 7 heteroatoms. The Morgan fingerprint density at radius 1 is 0.929 bits per heavy atom. The standard InChI is InChI=1S/C21H20ClN3O3/c1-13-11-17(14(2)25(13)16-7-5-4-6-8-16)20(26)23-24-21(27)18-12-15(22)9-10-19(18)28-3/h4-12H,1-3H3,(H,23,26)(H,24,27). The average molecular weight is 398 g/mol. The zero-order chi connectivity index (χ0) is 20.3. The van der Waals surface area contributed by atoms with E-state index < -0.39 is 11.8 Å². The fourth-order valence-corrected chi connectivity index (χ4v) is 3.25. The topological polar surface area (TPSA) is 72.4 Å². The van der Waals surface area contributed by atoms with Crippen molar-refractivity contribution in [3.63, 3.8) is 0 Å². The number of carbonyl (C=O) groups excluding carboxylic acids is 2. The van der Waals surface area contributed by atoms with Crippen molar-refractivity contribution in [3.05, 3.63) is 82.1 Å². The van der Waals surface area contributed by atoms with Crippen LogP contribution in [-0.2, 0) is 0 Å².